The van der Waals surface area contributed by atoms with Gasteiger partial charge in [-0.1, -0.05) is 12.2 Å². The van der Waals surface area contributed by atoms with Crippen LogP contribution < -0.4 is 10.5 Å². The maximum atomic E-state index is 11.4. The maximum absolute atomic E-state index is 11.4. The van der Waals surface area contributed by atoms with E-state index in [1.165, 1.54) is 0 Å². The molecule has 1 aliphatic rings. The van der Waals surface area contributed by atoms with Gasteiger partial charge in [0.05, 0.1) is 6.54 Å². The van der Waals surface area contributed by atoms with Crippen LogP contribution in [0.3, 0.4) is 0 Å². The minimum Gasteiger partial charge on any atom is -0.492 e. The Balaban J connectivity index is 1.79. The highest BCUT2D eigenvalue weighted by atomic mass is 32.1. The number of hydrogen-bond donors (Lipinski definition) is 1. The highest BCUT2D eigenvalue weighted by Crippen LogP contribution is 2.13. The van der Waals surface area contributed by atoms with E-state index >= 15 is 0 Å². The van der Waals surface area contributed by atoms with E-state index in [2.05, 4.69) is 0 Å². The van der Waals surface area contributed by atoms with Crippen LogP contribution in [0, 0.1) is 0 Å². The molecule has 0 aromatic heterocycles. The van der Waals surface area contributed by atoms with Gasteiger partial charge in [-0.3, -0.25) is 4.79 Å². The standard InChI is InChI=1S/C13H16N2O2S/c14-13(18)10-3-5-11(6-4-10)17-9-8-15-7-1-2-12(15)16/h3-6H,1-2,7-9H2,(H2,14,18). The van der Waals surface area contributed by atoms with Crippen molar-refractivity contribution in [1.29, 1.82) is 0 Å². The van der Waals surface area contributed by atoms with Gasteiger partial charge in [-0.2, -0.15) is 0 Å². The van der Waals surface area contributed by atoms with Crippen LogP contribution in [0.25, 0.3) is 0 Å². The van der Waals surface area contributed by atoms with E-state index in [1.807, 2.05) is 29.2 Å². The SMILES string of the molecule is NC(=S)c1ccc(OCCN2CCCC2=O)cc1. The Morgan fingerprint density at radius 3 is 2.67 bits per heavy atom. The number of hydrogen-bond acceptors (Lipinski definition) is 3. The van der Waals surface area contributed by atoms with Gasteiger partial charge in [-0.05, 0) is 30.7 Å². The molecule has 1 amide bonds. The highest BCUT2D eigenvalue weighted by Gasteiger charge is 2.19. The van der Waals surface area contributed by atoms with Gasteiger partial charge in [0, 0.05) is 18.5 Å². The lowest BCUT2D eigenvalue weighted by Gasteiger charge is -2.15. The van der Waals surface area contributed by atoms with Crippen LogP contribution in [-0.4, -0.2) is 35.5 Å². The molecule has 4 nitrogen and oxygen atoms in total. The van der Waals surface area contributed by atoms with E-state index in [0.29, 0.717) is 24.6 Å². The largest absolute Gasteiger partial charge is 0.492 e. The summed E-state index contributed by atoms with van der Waals surface area (Å²) in [6.07, 6.45) is 1.63. The molecule has 5 heteroatoms. The Hall–Kier alpha value is -1.62. The van der Waals surface area contributed by atoms with Crippen molar-refractivity contribution in [3.63, 3.8) is 0 Å². The number of thiocarbonyl (C=S) groups is 1. The van der Waals surface area contributed by atoms with Crippen LogP contribution >= 0.6 is 12.2 Å². The molecule has 0 saturated carbocycles. The molecular weight excluding hydrogens is 248 g/mol. The number of ether oxygens (including phenoxy) is 1. The number of carbonyl (C=O) groups excluding carboxylic acids is 1. The molecule has 1 aliphatic heterocycles. The fraction of sp³-hybridized carbons (Fsp3) is 0.385. The summed E-state index contributed by atoms with van der Waals surface area (Å²) >= 11 is 4.87. The normalized spacial score (nSPS) is 14.9. The van der Waals surface area contributed by atoms with Crippen molar-refractivity contribution in [2.75, 3.05) is 19.7 Å². The third-order valence-electron chi connectivity index (χ3n) is 2.94. The molecule has 0 bridgehead atoms. The average Bonchev–Trinajstić information content (AvgIpc) is 2.76. The lowest BCUT2D eigenvalue weighted by Crippen LogP contribution is -2.29. The van der Waals surface area contributed by atoms with Crippen LogP contribution in [0.15, 0.2) is 24.3 Å². The molecule has 18 heavy (non-hydrogen) atoms. The van der Waals surface area contributed by atoms with Crippen LogP contribution in [-0.2, 0) is 4.79 Å². The van der Waals surface area contributed by atoms with Crippen molar-refractivity contribution in [1.82, 2.24) is 4.90 Å². The number of rotatable bonds is 5. The second kappa shape index (κ2) is 5.82. The zero-order chi connectivity index (χ0) is 13.0. The molecule has 1 aromatic rings. The van der Waals surface area contributed by atoms with Gasteiger partial charge in [-0.15, -0.1) is 0 Å². The first-order valence-electron chi connectivity index (χ1n) is 5.97. The van der Waals surface area contributed by atoms with E-state index < -0.39 is 0 Å². The van der Waals surface area contributed by atoms with Crippen molar-refractivity contribution >= 4 is 23.1 Å². The Morgan fingerprint density at radius 1 is 1.39 bits per heavy atom. The number of likely N-dealkylation sites (tertiary alicyclic amines) is 1. The molecule has 0 spiro atoms. The van der Waals surface area contributed by atoms with E-state index in [9.17, 15) is 4.79 Å². The molecule has 1 fully saturated rings. The lowest BCUT2D eigenvalue weighted by atomic mass is 10.2. The minimum atomic E-state index is 0.224. The van der Waals surface area contributed by atoms with Gasteiger partial charge in [-0.25, -0.2) is 0 Å². The Morgan fingerprint density at radius 2 is 2.11 bits per heavy atom. The monoisotopic (exact) mass is 264 g/mol. The van der Waals surface area contributed by atoms with Crippen molar-refractivity contribution in [2.24, 2.45) is 5.73 Å². The summed E-state index contributed by atoms with van der Waals surface area (Å²) in [6.45, 7) is 2.01. The summed E-state index contributed by atoms with van der Waals surface area (Å²) in [6, 6.07) is 7.33. The van der Waals surface area contributed by atoms with E-state index in [-0.39, 0.29) is 5.91 Å². The third-order valence-corrected chi connectivity index (χ3v) is 3.18. The summed E-state index contributed by atoms with van der Waals surface area (Å²) in [5.74, 6) is 0.990. The first-order valence-corrected chi connectivity index (χ1v) is 6.38. The minimum absolute atomic E-state index is 0.224. The molecule has 2 rings (SSSR count). The molecule has 1 saturated heterocycles. The first kappa shape index (κ1) is 12.8. The maximum Gasteiger partial charge on any atom is 0.222 e. The van der Waals surface area contributed by atoms with Crippen LogP contribution in [0.1, 0.15) is 18.4 Å². The van der Waals surface area contributed by atoms with Gasteiger partial charge in [0.1, 0.15) is 17.3 Å². The van der Waals surface area contributed by atoms with Crippen molar-refractivity contribution in [3.05, 3.63) is 29.8 Å². The Labute approximate surface area is 112 Å². The molecule has 96 valence electrons. The van der Waals surface area contributed by atoms with Gasteiger partial charge in [0.15, 0.2) is 0 Å². The van der Waals surface area contributed by atoms with Gasteiger partial charge < -0.3 is 15.4 Å². The zero-order valence-electron chi connectivity index (χ0n) is 10.1. The molecule has 0 aliphatic carbocycles. The zero-order valence-corrected chi connectivity index (χ0v) is 10.9. The molecule has 0 atom stereocenters. The second-order valence-electron chi connectivity index (χ2n) is 4.22. The van der Waals surface area contributed by atoms with Gasteiger partial charge in [0.25, 0.3) is 0 Å². The Kier molecular flexibility index (Phi) is 4.15. The second-order valence-corrected chi connectivity index (χ2v) is 4.66. The summed E-state index contributed by atoms with van der Waals surface area (Å²) in [5.41, 5.74) is 6.33. The fourth-order valence-electron chi connectivity index (χ4n) is 1.93. The molecule has 0 radical (unpaired) electrons. The first-order chi connectivity index (χ1) is 8.66. The van der Waals surface area contributed by atoms with Crippen molar-refractivity contribution in [2.45, 2.75) is 12.8 Å². The van der Waals surface area contributed by atoms with Crippen molar-refractivity contribution in [3.8, 4) is 5.75 Å². The third kappa shape index (κ3) is 3.20. The predicted molar refractivity (Wildman–Crippen MR) is 73.6 cm³/mol. The number of benzene rings is 1. The van der Waals surface area contributed by atoms with Crippen LogP contribution in [0.2, 0.25) is 0 Å². The molecule has 2 N–H and O–H groups in total. The smallest absolute Gasteiger partial charge is 0.222 e. The number of nitrogens with two attached hydrogens (primary N) is 1. The van der Waals surface area contributed by atoms with Crippen LogP contribution in [0.5, 0.6) is 5.75 Å². The predicted octanol–water partition coefficient (Wildman–Crippen LogP) is 1.32. The molecular formula is C13H16N2O2S. The average molecular weight is 264 g/mol. The lowest BCUT2D eigenvalue weighted by molar-refractivity contribution is -0.128. The number of nitrogens with zero attached hydrogens (tertiary/aromatic N) is 1. The fourth-order valence-corrected chi connectivity index (χ4v) is 2.07. The summed E-state index contributed by atoms with van der Waals surface area (Å²) in [4.78, 5) is 13.6. The topological polar surface area (TPSA) is 55.6 Å². The molecule has 1 aromatic carbocycles. The van der Waals surface area contributed by atoms with E-state index in [1.54, 1.807) is 0 Å². The molecule has 0 unspecified atom stereocenters. The summed E-state index contributed by atoms with van der Waals surface area (Å²) < 4.78 is 5.57. The van der Waals surface area contributed by atoms with E-state index in [4.69, 9.17) is 22.7 Å². The van der Waals surface area contributed by atoms with Gasteiger partial charge >= 0.3 is 0 Å². The quantitative estimate of drug-likeness (QED) is 0.815. The summed E-state index contributed by atoms with van der Waals surface area (Å²) in [5, 5.41) is 0. The number of amides is 1. The van der Waals surface area contributed by atoms with Crippen molar-refractivity contribution < 1.29 is 9.53 Å². The van der Waals surface area contributed by atoms with E-state index in [0.717, 1.165) is 24.3 Å². The number of carbonyl (C=O) groups is 1. The van der Waals surface area contributed by atoms with Gasteiger partial charge in [0.2, 0.25) is 5.91 Å². The van der Waals surface area contributed by atoms with Crippen LogP contribution in [0.4, 0.5) is 0 Å². The highest BCUT2D eigenvalue weighted by molar-refractivity contribution is 7.80. The molecule has 1 heterocycles. The Bertz CT molecular complexity index is 445. The summed E-state index contributed by atoms with van der Waals surface area (Å²) in [7, 11) is 0.